The monoisotopic (exact) mass is 330 g/mol. The van der Waals surface area contributed by atoms with Crippen molar-refractivity contribution in [2.45, 2.75) is 30.6 Å². The average Bonchev–Trinajstić information content (AvgIpc) is 2.58. The molecule has 2 rings (SSSR count). The van der Waals surface area contributed by atoms with Gasteiger partial charge in [-0.1, -0.05) is 86.3 Å². The highest BCUT2D eigenvalue weighted by Gasteiger charge is 2.21. The molecule has 0 aromatic heterocycles. The zero-order valence-electron chi connectivity index (χ0n) is 13.1. The second-order valence-electron chi connectivity index (χ2n) is 5.38. The maximum atomic E-state index is 12.3. The molecule has 0 amide bonds. The van der Waals surface area contributed by atoms with Crippen molar-refractivity contribution in [3.05, 3.63) is 71.8 Å². The highest BCUT2D eigenvalue weighted by atomic mass is 32.2. The summed E-state index contributed by atoms with van der Waals surface area (Å²) >= 11 is 3.29. The van der Waals surface area contributed by atoms with Crippen LogP contribution in [0.15, 0.2) is 60.7 Å². The molecule has 0 saturated heterocycles. The Labute approximate surface area is 141 Å². The number of hydrogen-bond donors (Lipinski definition) is 0. The van der Waals surface area contributed by atoms with Crippen molar-refractivity contribution in [2.24, 2.45) is 5.92 Å². The molecule has 0 aliphatic rings. The van der Waals surface area contributed by atoms with E-state index in [1.165, 1.54) is 22.9 Å². The van der Waals surface area contributed by atoms with Crippen molar-refractivity contribution in [3.63, 3.8) is 0 Å². The first-order valence-electron chi connectivity index (χ1n) is 7.53. The lowest BCUT2D eigenvalue weighted by molar-refractivity contribution is -0.113. The summed E-state index contributed by atoms with van der Waals surface area (Å²) in [5.74, 6) is 1.80. The van der Waals surface area contributed by atoms with Crippen LogP contribution in [0.3, 0.4) is 0 Å². The van der Waals surface area contributed by atoms with Gasteiger partial charge in [0.2, 0.25) is 0 Å². The number of carbonyl (C=O) groups is 1. The number of rotatable bonds is 7. The summed E-state index contributed by atoms with van der Waals surface area (Å²) in [5.41, 5.74) is 2.52. The van der Waals surface area contributed by atoms with Gasteiger partial charge in [0.1, 0.15) is 0 Å². The standard InChI is InChI=1S/C19H22OS2/c1-15(16(2)21-13-17-9-5-3-6-10-17)19(20)22-14-18-11-7-4-8-12-18/h3-12,15-16H,13-14H2,1-2H3/t15-,16-/m1/s1. The SMILES string of the molecule is C[C@@H](SCc1ccccc1)[C@@H](C)C(=O)SCc1ccccc1. The van der Waals surface area contributed by atoms with Gasteiger partial charge in [-0.15, -0.1) is 0 Å². The molecule has 0 unspecified atom stereocenters. The first kappa shape index (κ1) is 17.2. The highest BCUT2D eigenvalue weighted by Crippen LogP contribution is 2.28. The smallest absolute Gasteiger partial charge is 0.193 e. The van der Waals surface area contributed by atoms with E-state index in [0.29, 0.717) is 5.25 Å². The zero-order chi connectivity index (χ0) is 15.8. The van der Waals surface area contributed by atoms with Crippen molar-refractivity contribution in [1.82, 2.24) is 0 Å². The Bertz CT molecular complexity index is 569. The van der Waals surface area contributed by atoms with E-state index >= 15 is 0 Å². The lowest BCUT2D eigenvalue weighted by atomic mass is 10.1. The van der Waals surface area contributed by atoms with Gasteiger partial charge in [0.25, 0.3) is 0 Å². The Kier molecular flexibility index (Phi) is 7.07. The molecule has 2 aromatic carbocycles. The number of carbonyl (C=O) groups excluding carboxylic acids is 1. The van der Waals surface area contributed by atoms with Crippen LogP contribution in [0.4, 0.5) is 0 Å². The molecule has 3 heteroatoms. The fourth-order valence-electron chi connectivity index (χ4n) is 2.00. The molecule has 0 N–H and O–H groups in total. The second-order valence-corrected chi connectivity index (χ2v) is 7.73. The van der Waals surface area contributed by atoms with Crippen molar-refractivity contribution in [3.8, 4) is 0 Å². The van der Waals surface area contributed by atoms with Gasteiger partial charge in [0, 0.05) is 22.7 Å². The van der Waals surface area contributed by atoms with Crippen LogP contribution in [-0.2, 0) is 16.3 Å². The summed E-state index contributed by atoms with van der Waals surface area (Å²) in [6.45, 7) is 4.20. The minimum atomic E-state index is 0.0717. The Morgan fingerprint density at radius 3 is 1.91 bits per heavy atom. The van der Waals surface area contributed by atoms with E-state index in [0.717, 1.165) is 11.5 Å². The van der Waals surface area contributed by atoms with Gasteiger partial charge in [0.05, 0.1) is 0 Å². The van der Waals surface area contributed by atoms with E-state index in [4.69, 9.17) is 0 Å². The van der Waals surface area contributed by atoms with Gasteiger partial charge >= 0.3 is 0 Å². The summed E-state index contributed by atoms with van der Waals surface area (Å²) < 4.78 is 0. The lowest BCUT2D eigenvalue weighted by Crippen LogP contribution is -2.18. The number of thioether (sulfide) groups is 2. The Hall–Kier alpha value is -1.19. The topological polar surface area (TPSA) is 17.1 Å². The molecule has 2 aromatic rings. The Morgan fingerprint density at radius 2 is 1.36 bits per heavy atom. The zero-order valence-corrected chi connectivity index (χ0v) is 14.7. The molecule has 0 saturated carbocycles. The summed E-state index contributed by atoms with van der Waals surface area (Å²) in [4.78, 5) is 12.3. The molecule has 0 aliphatic carbocycles. The largest absolute Gasteiger partial charge is 0.287 e. The first-order valence-corrected chi connectivity index (χ1v) is 9.56. The molecule has 22 heavy (non-hydrogen) atoms. The third kappa shape index (κ3) is 5.54. The van der Waals surface area contributed by atoms with E-state index in [-0.39, 0.29) is 11.0 Å². The Balaban J connectivity index is 1.77. The van der Waals surface area contributed by atoms with Crippen LogP contribution >= 0.6 is 23.5 Å². The predicted molar refractivity (Wildman–Crippen MR) is 99.1 cm³/mol. The van der Waals surface area contributed by atoms with Crippen molar-refractivity contribution >= 4 is 28.6 Å². The fourth-order valence-corrected chi connectivity index (χ4v) is 4.11. The Morgan fingerprint density at radius 1 is 0.864 bits per heavy atom. The van der Waals surface area contributed by atoms with Crippen LogP contribution in [0.1, 0.15) is 25.0 Å². The quantitative estimate of drug-likeness (QED) is 0.676. The molecule has 0 heterocycles. The van der Waals surface area contributed by atoms with Gasteiger partial charge in [-0.2, -0.15) is 11.8 Å². The summed E-state index contributed by atoms with van der Waals surface area (Å²) in [5, 5.41) is 0.618. The maximum absolute atomic E-state index is 12.3. The molecule has 116 valence electrons. The second kappa shape index (κ2) is 9.06. The predicted octanol–water partition coefficient (Wildman–Crippen LogP) is 5.40. The number of hydrogen-bond acceptors (Lipinski definition) is 3. The van der Waals surface area contributed by atoms with Crippen LogP contribution in [-0.4, -0.2) is 10.4 Å². The van der Waals surface area contributed by atoms with Crippen LogP contribution in [0.5, 0.6) is 0 Å². The van der Waals surface area contributed by atoms with Crippen molar-refractivity contribution in [2.75, 3.05) is 0 Å². The normalized spacial score (nSPS) is 13.5. The average molecular weight is 331 g/mol. The van der Waals surface area contributed by atoms with E-state index in [2.05, 4.69) is 43.3 Å². The van der Waals surface area contributed by atoms with E-state index in [1.54, 1.807) is 0 Å². The van der Waals surface area contributed by atoms with Crippen molar-refractivity contribution in [1.29, 1.82) is 0 Å². The van der Waals surface area contributed by atoms with Crippen LogP contribution in [0, 0.1) is 5.92 Å². The van der Waals surface area contributed by atoms with Crippen LogP contribution in [0.2, 0.25) is 0 Å². The minimum Gasteiger partial charge on any atom is -0.287 e. The van der Waals surface area contributed by atoms with Crippen molar-refractivity contribution < 1.29 is 4.79 Å². The molecule has 0 radical (unpaired) electrons. The van der Waals surface area contributed by atoms with Gasteiger partial charge in [0.15, 0.2) is 5.12 Å². The summed E-state index contributed by atoms with van der Waals surface area (Å²) in [6.07, 6.45) is 0. The summed E-state index contributed by atoms with van der Waals surface area (Å²) in [6, 6.07) is 20.6. The molecule has 0 aliphatic heterocycles. The molecular weight excluding hydrogens is 308 g/mol. The van der Waals surface area contributed by atoms with Gasteiger partial charge in [-0.25, -0.2) is 0 Å². The highest BCUT2D eigenvalue weighted by molar-refractivity contribution is 8.13. The molecule has 2 atom stereocenters. The van der Waals surface area contributed by atoms with Gasteiger partial charge in [-0.3, -0.25) is 4.79 Å². The third-order valence-electron chi connectivity index (χ3n) is 3.66. The van der Waals surface area contributed by atoms with Crippen LogP contribution < -0.4 is 0 Å². The van der Waals surface area contributed by atoms with E-state index in [1.807, 2.05) is 43.0 Å². The summed E-state index contributed by atoms with van der Waals surface area (Å²) in [7, 11) is 0. The fraction of sp³-hybridized carbons (Fsp3) is 0.316. The van der Waals surface area contributed by atoms with E-state index in [9.17, 15) is 4.79 Å². The van der Waals surface area contributed by atoms with Crippen LogP contribution in [0.25, 0.3) is 0 Å². The van der Waals surface area contributed by atoms with Gasteiger partial charge < -0.3 is 0 Å². The maximum Gasteiger partial charge on any atom is 0.193 e. The number of benzene rings is 2. The molecule has 0 spiro atoms. The third-order valence-corrected chi connectivity index (χ3v) is 6.22. The molecular formula is C19H22OS2. The van der Waals surface area contributed by atoms with Gasteiger partial charge in [-0.05, 0) is 11.1 Å². The molecule has 0 bridgehead atoms. The molecule has 0 fully saturated rings. The molecule has 1 nitrogen and oxygen atoms in total. The lowest BCUT2D eigenvalue weighted by Gasteiger charge is -2.18. The minimum absolute atomic E-state index is 0.0717. The first-order chi connectivity index (χ1) is 10.7. The van der Waals surface area contributed by atoms with E-state index < -0.39 is 0 Å².